The Hall–Kier alpha value is -1.81. The molecule has 0 aromatic heterocycles. The van der Waals surface area contributed by atoms with Gasteiger partial charge >= 0.3 is 0 Å². The van der Waals surface area contributed by atoms with E-state index in [2.05, 4.69) is 15.9 Å². The number of nitrogens with two attached hydrogens (primary N) is 1. The van der Waals surface area contributed by atoms with Gasteiger partial charge in [0.2, 0.25) is 0 Å². The second-order valence-corrected chi connectivity index (χ2v) is 5.68. The molecule has 102 valence electrons. The van der Waals surface area contributed by atoms with Crippen molar-refractivity contribution in [3.05, 3.63) is 58.1 Å². The van der Waals surface area contributed by atoms with Crippen molar-refractivity contribution in [1.29, 1.82) is 0 Å². The maximum atomic E-state index is 12.7. The molecule has 0 amide bonds. The zero-order valence-corrected chi connectivity index (χ0v) is 12.4. The van der Waals surface area contributed by atoms with Gasteiger partial charge in [0, 0.05) is 21.3 Å². The summed E-state index contributed by atoms with van der Waals surface area (Å²) in [6.07, 6.45) is 0.706. The van der Waals surface area contributed by atoms with Gasteiger partial charge in [0.15, 0.2) is 5.78 Å². The van der Waals surface area contributed by atoms with E-state index in [0.29, 0.717) is 24.3 Å². The van der Waals surface area contributed by atoms with E-state index in [9.17, 15) is 4.79 Å². The SMILES string of the molecule is Nc1ccc(C(=O)C2CCOc3ccccc32)cc1Br. The predicted molar refractivity (Wildman–Crippen MR) is 82.2 cm³/mol. The number of hydrogen-bond donors (Lipinski definition) is 1. The van der Waals surface area contributed by atoms with Gasteiger partial charge in [0.05, 0.1) is 12.5 Å². The van der Waals surface area contributed by atoms with Gasteiger partial charge in [0.1, 0.15) is 5.75 Å². The molecule has 0 fully saturated rings. The summed E-state index contributed by atoms with van der Waals surface area (Å²) < 4.78 is 6.35. The lowest BCUT2D eigenvalue weighted by Crippen LogP contribution is -2.21. The largest absolute Gasteiger partial charge is 0.493 e. The minimum atomic E-state index is -0.143. The van der Waals surface area contributed by atoms with Crippen molar-refractivity contribution in [2.45, 2.75) is 12.3 Å². The van der Waals surface area contributed by atoms with E-state index < -0.39 is 0 Å². The van der Waals surface area contributed by atoms with Crippen LogP contribution in [0.15, 0.2) is 46.9 Å². The van der Waals surface area contributed by atoms with Crippen LogP contribution in [0.5, 0.6) is 5.75 Å². The topological polar surface area (TPSA) is 52.3 Å². The number of carbonyl (C=O) groups is 1. The summed E-state index contributed by atoms with van der Waals surface area (Å²) in [5.41, 5.74) is 8.04. The number of Topliss-reactive ketones (excluding diaryl/α,β-unsaturated/α-hetero) is 1. The summed E-state index contributed by atoms with van der Waals surface area (Å²) >= 11 is 3.37. The third-order valence-corrected chi connectivity index (χ3v) is 4.25. The number of hydrogen-bond acceptors (Lipinski definition) is 3. The minimum absolute atomic E-state index is 0.112. The summed E-state index contributed by atoms with van der Waals surface area (Å²) in [6.45, 7) is 0.573. The molecule has 3 nitrogen and oxygen atoms in total. The van der Waals surface area contributed by atoms with Crippen molar-refractivity contribution >= 4 is 27.4 Å². The second kappa shape index (κ2) is 5.29. The molecule has 0 aliphatic carbocycles. The average molecular weight is 332 g/mol. The highest BCUT2D eigenvalue weighted by atomic mass is 79.9. The van der Waals surface area contributed by atoms with Crippen LogP contribution in [0, 0.1) is 0 Å². The fourth-order valence-corrected chi connectivity index (χ4v) is 2.87. The molecule has 0 bridgehead atoms. The molecule has 0 saturated heterocycles. The zero-order valence-electron chi connectivity index (χ0n) is 10.8. The maximum Gasteiger partial charge on any atom is 0.170 e. The molecule has 1 atom stereocenters. The van der Waals surface area contributed by atoms with Crippen molar-refractivity contribution in [1.82, 2.24) is 0 Å². The maximum absolute atomic E-state index is 12.7. The van der Waals surface area contributed by atoms with Gasteiger partial charge in [-0.1, -0.05) is 18.2 Å². The molecule has 20 heavy (non-hydrogen) atoms. The molecule has 1 aliphatic heterocycles. The van der Waals surface area contributed by atoms with Gasteiger partial charge in [-0.05, 0) is 46.6 Å². The lowest BCUT2D eigenvalue weighted by Gasteiger charge is -2.25. The van der Waals surface area contributed by atoms with E-state index >= 15 is 0 Å². The second-order valence-electron chi connectivity index (χ2n) is 4.83. The smallest absolute Gasteiger partial charge is 0.170 e. The van der Waals surface area contributed by atoms with Crippen LogP contribution >= 0.6 is 15.9 Å². The molecule has 1 aliphatic rings. The number of ether oxygens (including phenoxy) is 1. The summed E-state index contributed by atoms with van der Waals surface area (Å²) in [5, 5.41) is 0. The van der Waals surface area contributed by atoms with E-state index in [1.807, 2.05) is 24.3 Å². The number of fused-ring (bicyclic) bond motifs is 1. The Kier molecular flexibility index (Phi) is 3.49. The molecule has 1 heterocycles. The van der Waals surface area contributed by atoms with Crippen molar-refractivity contribution in [2.75, 3.05) is 12.3 Å². The molecule has 0 spiro atoms. The summed E-state index contributed by atoms with van der Waals surface area (Å²) in [7, 11) is 0. The summed E-state index contributed by atoms with van der Waals surface area (Å²) in [6, 6.07) is 13.0. The number of rotatable bonds is 2. The van der Waals surface area contributed by atoms with Crippen molar-refractivity contribution in [2.24, 2.45) is 0 Å². The Morgan fingerprint density at radius 3 is 2.85 bits per heavy atom. The van der Waals surface area contributed by atoms with Crippen LogP contribution in [0.2, 0.25) is 0 Å². The molecule has 1 unspecified atom stereocenters. The van der Waals surface area contributed by atoms with Crippen LogP contribution < -0.4 is 10.5 Å². The van der Waals surface area contributed by atoms with Gasteiger partial charge in [-0.25, -0.2) is 0 Å². The Labute approximate surface area is 125 Å². The van der Waals surface area contributed by atoms with Crippen LogP contribution in [0.25, 0.3) is 0 Å². The van der Waals surface area contributed by atoms with Gasteiger partial charge in [0.25, 0.3) is 0 Å². The summed E-state index contributed by atoms with van der Waals surface area (Å²) in [4.78, 5) is 12.7. The average Bonchev–Trinajstić information content (AvgIpc) is 2.49. The number of nitrogen functional groups attached to an aromatic ring is 1. The lowest BCUT2D eigenvalue weighted by atomic mass is 9.86. The molecule has 4 heteroatoms. The highest BCUT2D eigenvalue weighted by Crippen LogP contribution is 2.36. The number of para-hydroxylation sites is 1. The van der Waals surface area contributed by atoms with Crippen LogP contribution in [0.4, 0.5) is 5.69 Å². The zero-order chi connectivity index (χ0) is 14.1. The molecular formula is C16H14BrNO2. The highest BCUT2D eigenvalue weighted by molar-refractivity contribution is 9.10. The molecule has 2 N–H and O–H groups in total. The lowest BCUT2D eigenvalue weighted by molar-refractivity contribution is 0.0933. The number of benzene rings is 2. The third kappa shape index (κ3) is 2.31. The van der Waals surface area contributed by atoms with Crippen LogP contribution in [-0.2, 0) is 0 Å². The van der Waals surface area contributed by atoms with Gasteiger partial charge in [-0.2, -0.15) is 0 Å². The van der Waals surface area contributed by atoms with Gasteiger partial charge in [-0.15, -0.1) is 0 Å². The van der Waals surface area contributed by atoms with Crippen molar-refractivity contribution in [3.8, 4) is 5.75 Å². The molecule has 2 aromatic rings. The van der Waals surface area contributed by atoms with Crippen LogP contribution in [0.1, 0.15) is 28.3 Å². The fraction of sp³-hybridized carbons (Fsp3) is 0.188. The van der Waals surface area contributed by atoms with E-state index in [1.165, 1.54) is 0 Å². The van der Waals surface area contributed by atoms with Crippen LogP contribution in [-0.4, -0.2) is 12.4 Å². The minimum Gasteiger partial charge on any atom is -0.493 e. The first-order valence-electron chi connectivity index (χ1n) is 6.48. The fourth-order valence-electron chi connectivity index (χ4n) is 2.50. The summed E-state index contributed by atoms with van der Waals surface area (Å²) in [5.74, 6) is 0.781. The quantitative estimate of drug-likeness (QED) is 0.673. The third-order valence-electron chi connectivity index (χ3n) is 3.56. The number of anilines is 1. The Balaban J connectivity index is 1.97. The molecule has 0 saturated carbocycles. The van der Waals surface area contributed by atoms with E-state index in [4.69, 9.17) is 10.5 Å². The monoisotopic (exact) mass is 331 g/mol. The van der Waals surface area contributed by atoms with Crippen molar-refractivity contribution < 1.29 is 9.53 Å². The van der Waals surface area contributed by atoms with Gasteiger partial charge in [-0.3, -0.25) is 4.79 Å². The Morgan fingerprint density at radius 2 is 2.05 bits per heavy atom. The standard InChI is InChI=1S/C16H14BrNO2/c17-13-9-10(5-6-14(13)18)16(19)12-7-8-20-15-4-2-1-3-11(12)15/h1-6,9,12H,7-8,18H2. The van der Waals surface area contributed by atoms with Crippen LogP contribution in [0.3, 0.4) is 0 Å². The molecular weight excluding hydrogens is 318 g/mol. The molecule has 3 rings (SSSR count). The first-order chi connectivity index (χ1) is 9.66. The van der Waals surface area contributed by atoms with Gasteiger partial charge < -0.3 is 10.5 Å². The van der Waals surface area contributed by atoms with Crippen molar-refractivity contribution in [3.63, 3.8) is 0 Å². The Morgan fingerprint density at radius 1 is 1.25 bits per heavy atom. The normalized spacial score (nSPS) is 17.1. The van der Waals surface area contributed by atoms with E-state index in [1.54, 1.807) is 18.2 Å². The number of ketones is 1. The molecule has 2 aromatic carbocycles. The first kappa shape index (κ1) is 13.2. The Bertz CT molecular complexity index is 669. The number of halogens is 1. The predicted octanol–water partition coefficient (Wildman–Crippen LogP) is 3.78. The van der Waals surface area contributed by atoms with E-state index in [0.717, 1.165) is 15.8 Å². The highest BCUT2D eigenvalue weighted by Gasteiger charge is 2.28. The molecule has 0 radical (unpaired) electrons. The number of carbonyl (C=O) groups excluding carboxylic acids is 1. The van der Waals surface area contributed by atoms with E-state index in [-0.39, 0.29) is 11.7 Å². The first-order valence-corrected chi connectivity index (χ1v) is 7.27.